The molecule has 2 aromatic rings. The maximum absolute atomic E-state index is 9.17. The Bertz CT molecular complexity index is 569. The molecule has 1 aromatic heterocycles. The minimum atomic E-state index is 0.0524. The number of aryl methyl sites for hydroxylation is 1. The van der Waals surface area contributed by atoms with Crippen LogP contribution in [0.4, 0.5) is 5.69 Å². The first-order chi connectivity index (χ1) is 9.15. The number of benzene rings is 1. The molecule has 0 aliphatic heterocycles. The lowest BCUT2D eigenvalue weighted by Crippen LogP contribution is -2.30. The highest BCUT2D eigenvalue weighted by atomic mass is 79.9. The second kappa shape index (κ2) is 6.32. The summed E-state index contributed by atoms with van der Waals surface area (Å²) in [6, 6.07) is 7.92. The summed E-state index contributed by atoms with van der Waals surface area (Å²) in [5.74, 6) is 0. The molecule has 0 unspecified atom stereocenters. The predicted octanol–water partition coefficient (Wildman–Crippen LogP) is 2.10. The molecule has 0 atom stereocenters. The third-order valence-electron chi connectivity index (χ3n) is 2.96. The molecule has 0 aliphatic carbocycles. The van der Waals surface area contributed by atoms with E-state index < -0.39 is 0 Å². The minimum Gasteiger partial charge on any atom is -0.395 e. The third kappa shape index (κ3) is 3.23. The van der Waals surface area contributed by atoms with Gasteiger partial charge in [0, 0.05) is 34.3 Å². The minimum absolute atomic E-state index is 0.0524. The largest absolute Gasteiger partial charge is 0.395 e. The number of hydrogen-bond acceptors (Lipinski definition) is 4. The van der Waals surface area contributed by atoms with Crippen molar-refractivity contribution in [2.75, 3.05) is 31.2 Å². The fourth-order valence-electron chi connectivity index (χ4n) is 2.16. The molecular formula is C14H17BrN2O2. The second-order valence-corrected chi connectivity index (χ2v) is 5.29. The van der Waals surface area contributed by atoms with Crippen molar-refractivity contribution in [1.29, 1.82) is 0 Å². The van der Waals surface area contributed by atoms with Crippen LogP contribution in [-0.4, -0.2) is 41.5 Å². The molecule has 5 heteroatoms. The molecule has 0 saturated carbocycles. The van der Waals surface area contributed by atoms with Crippen LogP contribution in [0.5, 0.6) is 0 Å². The Hall–Kier alpha value is -1.17. The standard InChI is InChI=1S/C14H17BrN2O2/c1-10-8-14(17(4-6-18)5-7-19)12-9-11(15)2-3-13(12)16-10/h2-3,8-9,18-19H,4-7H2,1H3. The molecule has 0 amide bonds. The van der Waals surface area contributed by atoms with Crippen LogP contribution in [0.3, 0.4) is 0 Å². The first-order valence-electron chi connectivity index (χ1n) is 6.19. The number of pyridine rings is 1. The van der Waals surface area contributed by atoms with Gasteiger partial charge in [0.25, 0.3) is 0 Å². The molecule has 0 saturated heterocycles. The Balaban J connectivity index is 2.58. The highest BCUT2D eigenvalue weighted by molar-refractivity contribution is 9.10. The van der Waals surface area contributed by atoms with E-state index in [2.05, 4.69) is 20.9 Å². The Labute approximate surface area is 120 Å². The maximum Gasteiger partial charge on any atom is 0.0726 e. The molecule has 0 spiro atoms. The molecule has 0 fully saturated rings. The van der Waals surface area contributed by atoms with Gasteiger partial charge in [0.05, 0.1) is 18.7 Å². The molecule has 19 heavy (non-hydrogen) atoms. The van der Waals surface area contributed by atoms with Crippen molar-refractivity contribution < 1.29 is 10.2 Å². The van der Waals surface area contributed by atoms with Crippen LogP contribution in [0, 0.1) is 6.92 Å². The molecule has 102 valence electrons. The molecular weight excluding hydrogens is 308 g/mol. The molecule has 4 nitrogen and oxygen atoms in total. The van der Waals surface area contributed by atoms with Crippen molar-refractivity contribution >= 4 is 32.5 Å². The van der Waals surface area contributed by atoms with Crippen LogP contribution in [0.15, 0.2) is 28.7 Å². The van der Waals surface area contributed by atoms with Crippen LogP contribution in [-0.2, 0) is 0 Å². The normalized spacial score (nSPS) is 10.9. The molecule has 1 aromatic carbocycles. The Morgan fingerprint density at radius 3 is 2.47 bits per heavy atom. The van der Waals surface area contributed by atoms with Gasteiger partial charge in [0.2, 0.25) is 0 Å². The summed E-state index contributed by atoms with van der Waals surface area (Å²) in [6.45, 7) is 3.03. The second-order valence-electron chi connectivity index (χ2n) is 4.38. The average molecular weight is 325 g/mol. The van der Waals surface area contributed by atoms with Gasteiger partial charge in [0.15, 0.2) is 0 Å². The van der Waals surface area contributed by atoms with Crippen molar-refractivity contribution in [3.63, 3.8) is 0 Å². The van der Waals surface area contributed by atoms with E-state index in [0.29, 0.717) is 13.1 Å². The summed E-state index contributed by atoms with van der Waals surface area (Å²) in [7, 11) is 0. The molecule has 0 aliphatic rings. The maximum atomic E-state index is 9.17. The van der Waals surface area contributed by atoms with E-state index >= 15 is 0 Å². The summed E-state index contributed by atoms with van der Waals surface area (Å²) >= 11 is 3.47. The zero-order valence-electron chi connectivity index (χ0n) is 10.8. The number of nitrogens with zero attached hydrogens (tertiary/aromatic N) is 2. The molecule has 1 heterocycles. The summed E-state index contributed by atoms with van der Waals surface area (Å²) in [4.78, 5) is 6.48. The number of aromatic nitrogens is 1. The van der Waals surface area contributed by atoms with Gasteiger partial charge in [-0.05, 0) is 31.2 Å². The van der Waals surface area contributed by atoms with Crippen molar-refractivity contribution in [2.45, 2.75) is 6.92 Å². The highest BCUT2D eigenvalue weighted by Gasteiger charge is 2.11. The van der Waals surface area contributed by atoms with Crippen molar-refractivity contribution in [1.82, 2.24) is 4.98 Å². The number of halogens is 1. The summed E-state index contributed by atoms with van der Waals surface area (Å²) in [5.41, 5.74) is 2.83. The highest BCUT2D eigenvalue weighted by Crippen LogP contribution is 2.29. The van der Waals surface area contributed by atoms with Gasteiger partial charge in [-0.2, -0.15) is 0 Å². The lowest BCUT2D eigenvalue weighted by Gasteiger charge is -2.25. The predicted molar refractivity (Wildman–Crippen MR) is 80.6 cm³/mol. The third-order valence-corrected chi connectivity index (χ3v) is 3.45. The van der Waals surface area contributed by atoms with Gasteiger partial charge in [-0.3, -0.25) is 4.98 Å². The average Bonchev–Trinajstić information content (AvgIpc) is 2.38. The van der Waals surface area contributed by atoms with E-state index in [-0.39, 0.29) is 13.2 Å². The SMILES string of the molecule is Cc1cc(N(CCO)CCO)c2cc(Br)ccc2n1. The number of rotatable bonds is 5. The van der Waals surface area contributed by atoms with Crippen LogP contribution in [0.1, 0.15) is 5.69 Å². The van der Waals surface area contributed by atoms with E-state index in [1.165, 1.54) is 0 Å². The number of fused-ring (bicyclic) bond motifs is 1. The van der Waals surface area contributed by atoms with Crippen molar-refractivity contribution in [3.05, 3.63) is 34.4 Å². The number of aliphatic hydroxyl groups excluding tert-OH is 2. The monoisotopic (exact) mass is 324 g/mol. The molecule has 2 rings (SSSR count). The van der Waals surface area contributed by atoms with E-state index in [4.69, 9.17) is 0 Å². The van der Waals surface area contributed by atoms with E-state index in [0.717, 1.165) is 26.8 Å². The van der Waals surface area contributed by atoms with Gasteiger partial charge in [-0.25, -0.2) is 0 Å². The Morgan fingerprint density at radius 1 is 1.16 bits per heavy atom. The van der Waals surface area contributed by atoms with Gasteiger partial charge in [-0.15, -0.1) is 0 Å². The molecule has 0 bridgehead atoms. The van der Waals surface area contributed by atoms with Crippen molar-refractivity contribution in [3.8, 4) is 0 Å². The quantitative estimate of drug-likeness (QED) is 0.884. The first kappa shape index (κ1) is 14.2. The van der Waals surface area contributed by atoms with Crippen LogP contribution >= 0.6 is 15.9 Å². The van der Waals surface area contributed by atoms with Gasteiger partial charge >= 0.3 is 0 Å². The van der Waals surface area contributed by atoms with E-state index in [9.17, 15) is 10.2 Å². The summed E-state index contributed by atoms with van der Waals surface area (Å²) in [6.07, 6.45) is 0. The first-order valence-corrected chi connectivity index (χ1v) is 6.98. The van der Waals surface area contributed by atoms with Gasteiger partial charge < -0.3 is 15.1 Å². The Kier molecular flexibility index (Phi) is 4.74. The summed E-state index contributed by atoms with van der Waals surface area (Å²) in [5, 5.41) is 19.4. The van der Waals surface area contributed by atoms with Gasteiger partial charge in [-0.1, -0.05) is 15.9 Å². The number of anilines is 1. The van der Waals surface area contributed by atoms with Crippen LogP contribution in [0.25, 0.3) is 10.9 Å². The van der Waals surface area contributed by atoms with Gasteiger partial charge in [0.1, 0.15) is 0 Å². The topological polar surface area (TPSA) is 56.6 Å². The Morgan fingerprint density at radius 2 is 1.84 bits per heavy atom. The zero-order valence-corrected chi connectivity index (χ0v) is 12.4. The zero-order chi connectivity index (χ0) is 13.8. The van der Waals surface area contributed by atoms with E-state index in [1.807, 2.05) is 36.1 Å². The summed E-state index contributed by atoms with van der Waals surface area (Å²) < 4.78 is 0.986. The van der Waals surface area contributed by atoms with Crippen LogP contribution in [0.2, 0.25) is 0 Å². The lowest BCUT2D eigenvalue weighted by molar-refractivity contribution is 0.281. The van der Waals surface area contributed by atoms with E-state index in [1.54, 1.807) is 0 Å². The number of aliphatic hydroxyl groups is 2. The lowest BCUT2D eigenvalue weighted by atomic mass is 10.1. The smallest absolute Gasteiger partial charge is 0.0726 e. The molecule has 0 radical (unpaired) electrons. The fourth-order valence-corrected chi connectivity index (χ4v) is 2.53. The molecule has 2 N–H and O–H groups in total. The number of hydrogen-bond donors (Lipinski definition) is 2. The fraction of sp³-hybridized carbons (Fsp3) is 0.357. The van der Waals surface area contributed by atoms with Crippen LogP contribution < -0.4 is 4.90 Å². The van der Waals surface area contributed by atoms with Crippen molar-refractivity contribution in [2.24, 2.45) is 0 Å².